The normalized spacial score (nSPS) is 22.2. The highest BCUT2D eigenvalue weighted by atomic mass is 35.5. The maximum Gasteiger partial charge on any atom is 0.122 e. The van der Waals surface area contributed by atoms with E-state index >= 15 is 0 Å². The van der Waals surface area contributed by atoms with Gasteiger partial charge < -0.3 is 10.1 Å². The van der Waals surface area contributed by atoms with Gasteiger partial charge in [-0.3, -0.25) is 0 Å². The Hall–Kier alpha value is -0.730. The Kier molecular flexibility index (Phi) is 5.56. The third-order valence-electron chi connectivity index (χ3n) is 4.97. The van der Waals surface area contributed by atoms with Crippen LogP contribution in [0.25, 0.3) is 0 Å². The molecule has 1 aromatic rings. The minimum absolute atomic E-state index is 0.415. The van der Waals surface area contributed by atoms with Crippen LogP contribution in [0.2, 0.25) is 5.02 Å². The minimum Gasteiger partial charge on any atom is -0.496 e. The van der Waals surface area contributed by atoms with Crippen molar-refractivity contribution in [3.8, 4) is 5.75 Å². The van der Waals surface area contributed by atoms with Gasteiger partial charge in [0, 0.05) is 11.1 Å². The van der Waals surface area contributed by atoms with Crippen molar-refractivity contribution >= 4 is 11.6 Å². The highest BCUT2D eigenvalue weighted by Gasteiger charge is 2.39. The zero-order valence-corrected chi connectivity index (χ0v) is 14.5. The highest BCUT2D eigenvalue weighted by Crippen LogP contribution is 2.45. The molecule has 21 heavy (non-hydrogen) atoms. The molecule has 1 aromatic carbocycles. The average Bonchev–Trinajstić information content (AvgIpc) is 2.78. The first-order valence-corrected chi connectivity index (χ1v) is 8.41. The summed E-state index contributed by atoms with van der Waals surface area (Å²) in [6.07, 6.45) is 4.96. The van der Waals surface area contributed by atoms with Gasteiger partial charge in [-0.2, -0.15) is 0 Å². The largest absolute Gasteiger partial charge is 0.496 e. The Morgan fingerprint density at radius 1 is 1.43 bits per heavy atom. The second-order valence-corrected chi connectivity index (χ2v) is 7.25. The van der Waals surface area contributed by atoms with Crippen LogP contribution in [0.3, 0.4) is 0 Å². The number of hydrogen-bond acceptors (Lipinski definition) is 2. The summed E-state index contributed by atoms with van der Waals surface area (Å²) in [5, 5.41) is 4.48. The van der Waals surface area contributed by atoms with Gasteiger partial charge in [-0.1, -0.05) is 38.8 Å². The molecular weight excluding hydrogens is 282 g/mol. The van der Waals surface area contributed by atoms with E-state index in [1.54, 1.807) is 7.11 Å². The summed E-state index contributed by atoms with van der Waals surface area (Å²) in [4.78, 5) is 0. The molecule has 1 fully saturated rings. The first kappa shape index (κ1) is 16.6. The van der Waals surface area contributed by atoms with Crippen LogP contribution in [0.15, 0.2) is 18.2 Å². The van der Waals surface area contributed by atoms with Gasteiger partial charge in [0.05, 0.1) is 7.11 Å². The van der Waals surface area contributed by atoms with E-state index in [1.165, 1.54) is 24.8 Å². The van der Waals surface area contributed by atoms with E-state index in [-0.39, 0.29) is 0 Å². The number of ether oxygens (including phenoxy) is 1. The molecule has 1 N–H and O–H groups in total. The average molecular weight is 310 g/mol. The highest BCUT2D eigenvalue weighted by molar-refractivity contribution is 6.30. The summed E-state index contributed by atoms with van der Waals surface area (Å²) in [7, 11) is 1.73. The van der Waals surface area contributed by atoms with Crippen molar-refractivity contribution in [3.05, 3.63) is 28.8 Å². The lowest BCUT2D eigenvalue weighted by atomic mass is 9.76. The fourth-order valence-electron chi connectivity index (χ4n) is 3.86. The van der Waals surface area contributed by atoms with Gasteiger partial charge in [0.2, 0.25) is 0 Å². The quantitative estimate of drug-likeness (QED) is 0.822. The summed E-state index contributed by atoms with van der Waals surface area (Å²) >= 11 is 6.17. The summed E-state index contributed by atoms with van der Waals surface area (Å²) in [5.74, 6) is 1.65. The van der Waals surface area contributed by atoms with E-state index in [9.17, 15) is 0 Å². The van der Waals surface area contributed by atoms with Gasteiger partial charge in [0.25, 0.3) is 0 Å². The predicted octanol–water partition coefficient (Wildman–Crippen LogP) is 4.70. The van der Waals surface area contributed by atoms with Crippen molar-refractivity contribution in [3.63, 3.8) is 0 Å². The molecule has 118 valence electrons. The Morgan fingerprint density at radius 3 is 2.76 bits per heavy atom. The standard InChI is InChI=1S/C18H28ClNO/c1-5-20-16(15-7-6-10-18(15,2)3)12-13-11-14(19)8-9-17(13)21-4/h8-9,11,15-16,20H,5-7,10,12H2,1-4H3. The van der Waals surface area contributed by atoms with Gasteiger partial charge in [-0.15, -0.1) is 0 Å². The van der Waals surface area contributed by atoms with Crippen molar-refractivity contribution < 1.29 is 4.74 Å². The second kappa shape index (κ2) is 7.02. The van der Waals surface area contributed by atoms with Crippen molar-refractivity contribution in [1.29, 1.82) is 0 Å². The molecule has 0 radical (unpaired) electrons. The smallest absolute Gasteiger partial charge is 0.122 e. The molecule has 0 saturated heterocycles. The lowest BCUT2D eigenvalue weighted by Gasteiger charge is -2.35. The lowest BCUT2D eigenvalue weighted by Crippen LogP contribution is -2.42. The van der Waals surface area contributed by atoms with Crippen molar-refractivity contribution in [2.45, 2.75) is 52.5 Å². The Morgan fingerprint density at radius 2 is 2.19 bits per heavy atom. The van der Waals surface area contributed by atoms with Crippen LogP contribution in [0.5, 0.6) is 5.75 Å². The van der Waals surface area contributed by atoms with E-state index in [0.717, 1.165) is 23.7 Å². The molecule has 2 atom stereocenters. The first-order valence-electron chi connectivity index (χ1n) is 8.03. The van der Waals surface area contributed by atoms with Gasteiger partial charge in [0.15, 0.2) is 0 Å². The van der Waals surface area contributed by atoms with Crippen LogP contribution in [-0.4, -0.2) is 19.7 Å². The summed E-state index contributed by atoms with van der Waals surface area (Å²) in [6.45, 7) is 8.00. The number of nitrogens with one attached hydrogen (secondary N) is 1. The van der Waals surface area contributed by atoms with Gasteiger partial charge >= 0.3 is 0 Å². The van der Waals surface area contributed by atoms with Crippen LogP contribution in [0, 0.1) is 11.3 Å². The molecule has 3 heteroatoms. The SMILES string of the molecule is CCNC(Cc1cc(Cl)ccc1OC)C1CCCC1(C)C. The van der Waals surface area contributed by atoms with Crippen molar-refractivity contribution in [1.82, 2.24) is 5.32 Å². The molecule has 2 rings (SSSR count). The van der Waals surface area contributed by atoms with E-state index < -0.39 is 0 Å². The van der Waals surface area contributed by atoms with Gasteiger partial charge in [-0.05, 0) is 60.9 Å². The number of likely N-dealkylation sites (N-methyl/N-ethyl adjacent to an activating group) is 1. The number of halogens is 1. The summed E-state index contributed by atoms with van der Waals surface area (Å²) < 4.78 is 5.51. The Balaban J connectivity index is 2.22. The zero-order chi connectivity index (χ0) is 15.5. The Labute approximate surface area is 134 Å². The maximum atomic E-state index is 6.17. The van der Waals surface area contributed by atoms with Gasteiger partial charge in [0.1, 0.15) is 5.75 Å². The lowest BCUT2D eigenvalue weighted by molar-refractivity contribution is 0.196. The van der Waals surface area contributed by atoms with Crippen LogP contribution in [0.4, 0.5) is 0 Å². The molecule has 1 saturated carbocycles. The molecule has 0 spiro atoms. The van der Waals surface area contributed by atoms with E-state index in [2.05, 4.69) is 26.1 Å². The third-order valence-corrected chi connectivity index (χ3v) is 5.21. The van der Waals surface area contributed by atoms with Crippen molar-refractivity contribution in [2.75, 3.05) is 13.7 Å². The number of benzene rings is 1. The third kappa shape index (κ3) is 3.92. The zero-order valence-electron chi connectivity index (χ0n) is 13.7. The number of rotatable bonds is 6. The fourth-order valence-corrected chi connectivity index (χ4v) is 4.06. The fraction of sp³-hybridized carbons (Fsp3) is 0.667. The Bertz CT molecular complexity index is 472. The van der Waals surface area contributed by atoms with E-state index in [1.807, 2.05) is 18.2 Å². The van der Waals surface area contributed by atoms with E-state index in [0.29, 0.717) is 17.4 Å². The van der Waals surface area contributed by atoms with Crippen LogP contribution < -0.4 is 10.1 Å². The molecule has 1 aliphatic carbocycles. The molecule has 0 heterocycles. The van der Waals surface area contributed by atoms with E-state index in [4.69, 9.17) is 16.3 Å². The molecule has 0 aliphatic heterocycles. The number of methoxy groups -OCH3 is 1. The molecule has 0 amide bonds. The summed E-state index contributed by atoms with van der Waals surface area (Å²) in [5.41, 5.74) is 1.62. The molecule has 1 aliphatic rings. The minimum atomic E-state index is 0.415. The van der Waals surface area contributed by atoms with Crippen LogP contribution in [0.1, 0.15) is 45.6 Å². The van der Waals surface area contributed by atoms with Crippen LogP contribution >= 0.6 is 11.6 Å². The topological polar surface area (TPSA) is 21.3 Å². The van der Waals surface area contributed by atoms with Gasteiger partial charge in [-0.25, -0.2) is 0 Å². The maximum absolute atomic E-state index is 6.17. The monoisotopic (exact) mass is 309 g/mol. The number of hydrogen-bond donors (Lipinski definition) is 1. The van der Waals surface area contributed by atoms with Crippen molar-refractivity contribution in [2.24, 2.45) is 11.3 Å². The summed E-state index contributed by atoms with van der Waals surface area (Å²) in [6, 6.07) is 6.40. The molecule has 2 unspecified atom stereocenters. The molecular formula is C18H28ClNO. The molecule has 0 aromatic heterocycles. The molecule has 0 bridgehead atoms. The predicted molar refractivity (Wildman–Crippen MR) is 90.3 cm³/mol. The van der Waals surface area contributed by atoms with Crippen LogP contribution in [-0.2, 0) is 6.42 Å². The second-order valence-electron chi connectivity index (χ2n) is 6.81. The molecule has 2 nitrogen and oxygen atoms in total. The first-order chi connectivity index (χ1) is 9.97.